The van der Waals surface area contributed by atoms with Gasteiger partial charge in [-0.2, -0.15) is 0 Å². The van der Waals surface area contributed by atoms with Gasteiger partial charge in [0.1, 0.15) is 0 Å². The third-order valence-electron chi connectivity index (χ3n) is 3.76. The van der Waals surface area contributed by atoms with Gasteiger partial charge in [-0.05, 0) is 42.4 Å². The molecule has 0 aliphatic heterocycles. The summed E-state index contributed by atoms with van der Waals surface area (Å²) in [7, 11) is 0. The minimum atomic E-state index is 0.702. The molecule has 82 valence electrons. The monoisotopic (exact) mass is 203 g/mol. The first-order valence-electron chi connectivity index (χ1n) is 6.26. The highest BCUT2D eigenvalue weighted by molar-refractivity contribution is 5.14. The molecule has 0 saturated heterocycles. The van der Waals surface area contributed by atoms with E-state index in [0.29, 0.717) is 5.92 Å². The van der Waals surface area contributed by atoms with E-state index in [2.05, 4.69) is 24.0 Å². The second-order valence-corrected chi connectivity index (χ2v) is 4.91. The Morgan fingerprint density at radius 3 is 2.60 bits per heavy atom. The molecule has 1 aromatic heterocycles. The zero-order valence-corrected chi connectivity index (χ0v) is 9.65. The van der Waals surface area contributed by atoms with Gasteiger partial charge in [-0.1, -0.05) is 32.6 Å². The van der Waals surface area contributed by atoms with Crippen molar-refractivity contribution in [2.24, 2.45) is 5.92 Å². The fraction of sp³-hybridized carbons (Fsp3) is 0.643. The molecule has 1 nitrogen and oxygen atoms in total. The van der Waals surface area contributed by atoms with Gasteiger partial charge < -0.3 is 0 Å². The molecule has 1 unspecified atom stereocenters. The summed E-state index contributed by atoms with van der Waals surface area (Å²) >= 11 is 0. The second kappa shape index (κ2) is 5.29. The van der Waals surface area contributed by atoms with Gasteiger partial charge in [0.05, 0.1) is 0 Å². The first kappa shape index (κ1) is 10.7. The van der Waals surface area contributed by atoms with Crippen molar-refractivity contribution < 1.29 is 0 Å². The van der Waals surface area contributed by atoms with Gasteiger partial charge in [-0.3, -0.25) is 4.98 Å². The van der Waals surface area contributed by atoms with Crippen LogP contribution in [0.3, 0.4) is 0 Å². The van der Waals surface area contributed by atoms with Gasteiger partial charge >= 0.3 is 0 Å². The minimum absolute atomic E-state index is 0.702. The SMILES string of the molecule is CC(CCC1CCCC1)c1ccncc1. The number of pyridine rings is 1. The summed E-state index contributed by atoms with van der Waals surface area (Å²) in [4.78, 5) is 4.07. The van der Waals surface area contributed by atoms with Crippen LogP contribution in [0.15, 0.2) is 24.5 Å². The van der Waals surface area contributed by atoms with Crippen LogP contribution >= 0.6 is 0 Å². The van der Waals surface area contributed by atoms with Crippen molar-refractivity contribution in [3.05, 3.63) is 30.1 Å². The van der Waals surface area contributed by atoms with Crippen LogP contribution in [0.1, 0.15) is 56.9 Å². The van der Waals surface area contributed by atoms with Crippen molar-refractivity contribution in [2.75, 3.05) is 0 Å². The summed E-state index contributed by atoms with van der Waals surface area (Å²) in [5.74, 6) is 1.72. The Balaban J connectivity index is 1.79. The average molecular weight is 203 g/mol. The maximum Gasteiger partial charge on any atom is 0.0270 e. The van der Waals surface area contributed by atoms with Crippen LogP contribution in [0.2, 0.25) is 0 Å². The highest BCUT2D eigenvalue weighted by Crippen LogP contribution is 2.31. The Kier molecular flexibility index (Phi) is 3.76. The van der Waals surface area contributed by atoms with E-state index in [1.165, 1.54) is 44.1 Å². The van der Waals surface area contributed by atoms with Gasteiger partial charge in [0.15, 0.2) is 0 Å². The van der Waals surface area contributed by atoms with E-state index in [9.17, 15) is 0 Å². The van der Waals surface area contributed by atoms with Crippen LogP contribution in [0, 0.1) is 5.92 Å². The van der Waals surface area contributed by atoms with Crippen molar-refractivity contribution in [1.82, 2.24) is 4.98 Å². The summed E-state index contributed by atoms with van der Waals surface area (Å²) in [6, 6.07) is 4.30. The second-order valence-electron chi connectivity index (χ2n) is 4.91. The topological polar surface area (TPSA) is 12.9 Å². The molecule has 1 aliphatic rings. The van der Waals surface area contributed by atoms with E-state index in [1.807, 2.05) is 12.4 Å². The maximum absolute atomic E-state index is 4.07. The van der Waals surface area contributed by atoms with Crippen molar-refractivity contribution >= 4 is 0 Å². The molecule has 0 N–H and O–H groups in total. The summed E-state index contributed by atoms with van der Waals surface area (Å²) in [5.41, 5.74) is 1.45. The van der Waals surface area contributed by atoms with E-state index < -0.39 is 0 Å². The molecule has 2 rings (SSSR count). The van der Waals surface area contributed by atoms with E-state index in [4.69, 9.17) is 0 Å². The normalized spacial score (nSPS) is 19.3. The highest BCUT2D eigenvalue weighted by atomic mass is 14.6. The molecule has 1 fully saturated rings. The van der Waals surface area contributed by atoms with E-state index in [1.54, 1.807) is 0 Å². The molecular weight excluding hydrogens is 182 g/mol. The largest absolute Gasteiger partial charge is 0.265 e. The first-order chi connectivity index (χ1) is 7.36. The van der Waals surface area contributed by atoms with Crippen LogP contribution in [0.5, 0.6) is 0 Å². The van der Waals surface area contributed by atoms with Crippen molar-refractivity contribution in [3.63, 3.8) is 0 Å². The van der Waals surface area contributed by atoms with Crippen molar-refractivity contribution in [3.8, 4) is 0 Å². The molecule has 1 heterocycles. The lowest BCUT2D eigenvalue weighted by Crippen LogP contribution is -1.99. The van der Waals surface area contributed by atoms with Crippen molar-refractivity contribution in [1.29, 1.82) is 0 Å². The van der Waals surface area contributed by atoms with Gasteiger partial charge in [-0.15, -0.1) is 0 Å². The lowest BCUT2D eigenvalue weighted by atomic mass is 9.92. The molecule has 1 heteroatoms. The third-order valence-corrected chi connectivity index (χ3v) is 3.76. The van der Waals surface area contributed by atoms with Gasteiger partial charge in [0.25, 0.3) is 0 Å². The molecular formula is C14H21N. The van der Waals surface area contributed by atoms with E-state index >= 15 is 0 Å². The summed E-state index contributed by atoms with van der Waals surface area (Å²) in [6.45, 7) is 2.34. The van der Waals surface area contributed by atoms with Crippen LogP contribution in [0.25, 0.3) is 0 Å². The Labute approximate surface area is 92.9 Å². The lowest BCUT2D eigenvalue weighted by Gasteiger charge is -2.14. The van der Waals surface area contributed by atoms with Crippen LogP contribution < -0.4 is 0 Å². The number of nitrogens with zero attached hydrogens (tertiary/aromatic N) is 1. The van der Waals surface area contributed by atoms with Crippen LogP contribution in [-0.4, -0.2) is 4.98 Å². The third kappa shape index (κ3) is 3.05. The number of rotatable bonds is 4. The predicted octanol–water partition coefficient (Wildman–Crippen LogP) is 4.16. The average Bonchev–Trinajstić information content (AvgIpc) is 2.80. The number of hydrogen-bond donors (Lipinski definition) is 0. The fourth-order valence-electron chi connectivity index (χ4n) is 2.64. The summed E-state index contributed by atoms with van der Waals surface area (Å²) < 4.78 is 0. The fourth-order valence-corrected chi connectivity index (χ4v) is 2.64. The standard InChI is InChI=1S/C14H21N/c1-12(14-8-10-15-11-9-14)6-7-13-4-2-3-5-13/h8-13H,2-7H2,1H3. The van der Waals surface area contributed by atoms with Gasteiger partial charge in [0, 0.05) is 12.4 Å². The zero-order chi connectivity index (χ0) is 10.5. The van der Waals surface area contributed by atoms with Gasteiger partial charge in [-0.25, -0.2) is 0 Å². The Hall–Kier alpha value is -0.850. The number of hydrogen-bond acceptors (Lipinski definition) is 1. The Morgan fingerprint density at radius 1 is 1.27 bits per heavy atom. The summed E-state index contributed by atoms with van der Waals surface area (Å²) in [5, 5.41) is 0. The quantitative estimate of drug-likeness (QED) is 0.716. The molecule has 0 amide bonds. The van der Waals surface area contributed by atoms with E-state index in [-0.39, 0.29) is 0 Å². The molecule has 15 heavy (non-hydrogen) atoms. The Bertz CT molecular complexity index is 275. The molecule has 1 aromatic rings. The minimum Gasteiger partial charge on any atom is -0.265 e. The van der Waals surface area contributed by atoms with E-state index in [0.717, 1.165) is 5.92 Å². The van der Waals surface area contributed by atoms with Crippen molar-refractivity contribution in [2.45, 2.75) is 51.4 Å². The molecule has 1 aliphatic carbocycles. The number of aromatic nitrogens is 1. The maximum atomic E-state index is 4.07. The highest BCUT2D eigenvalue weighted by Gasteiger charge is 2.16. The molecule has 1 saturated carbocycles. The molecule has 0 spiro atoms. The summed E-state index contributed by atoms with van der Waals surface area (Å²) in [6.07, 6.45) is 12.5. The zero-order valence-electron chi connectivity index (χ0n) is 9.65. The van der Waals surface area contributed by atoms with Gasteiger partial charge in [0.2, 0.25) is 0 Å². The molecule has 0 bridgehead atoms. The first-order valence-corrected chi connectivity index (χ1v) is 6.26. The molecule has 1 atom stereocenters. The van der Waals surface area contributed by atoms with Crippen LogP contribution in [0.4, 0.5) is 0 Å². The lowest BCUT2D eigenvalue weighted by molar-refractivity contribution is 0.460. The Morgan fingerprint density at radius 2 is 1.93 bits per heavy atom. The predicted molar refractivity (Wildman–Crippen MR) is 63.8 cm³/mol. The molecule has 0 aromatic carbocycles. The van der Waals surface area contributed by atoms with Crippen LogP contribution in [-0.2, 0) is 0 Å². The molecule has 0 radical (unpaired) electrons. The smallest absolute Gasteiger partial charge is 0.0270 e.